The van der Waals surface area contributed by atoms with E-state index in [2.05, 4.69) is 28.4 Å². The lowest BCUT2D eigenvalue weighted by molar-refractivity contribution is 0.105. The Morgan fingerprint density at radius 2 is 2.19 bits per heavy atom. The summed E-state index contributed by atoms with van der Waals surface area (Å²) in [5, 5.41) is 0.602. The van der Waals surface area contributed by atoms with E-state index in [1.54, 1.807) is 6.20 Å². The number of aryl methyl sites for hydroxylation is 2. The smallest absolute Gasteiger partial charge is 0.160 e. The largest absolute Gasteiger partial charge is 0.381 e. The van der Waals surface area contributed by atoms with Crippen molar-refractivity contribution in [2.45, 2.75) is 33.2 Å². The predicted molar refractivity (Wildman–Crippen MR) is 87.2 cm³/mol. The molecular weight excluding hydrogens is 309 g/mol. The van der Waals surface area contributed by atoms with Gasteiger partial charge in [0, 0.05) is 38.3 Å². The lowest BCUT2D eigenvalue weighted by Crippen LogP contribution is -2.09. The van der Waals surface area contributed by atoms with Crippen LogP contribution in [0.15, 0.2) is 12.3 Å². The van der Waals surface area contributed by atoms with Crippen molar-refractivity contribution in [3.8, 4) is 0 Å². The molecule has 0 aliphatic rings. The Hall–Kier alpha value is -0.840. The van der Waals surface area contributed by atoms with Gasteiger partial charge in [0.15, 0.2) is 5.65 Å². The monoisotopic (exact) mass is 329 g/mol. The highest BCUT2D eigenvalue weighted by atomic mass is 35.5. The fraction of sp³-hybridized carbons (Fsp3) is 0.600. The lowest BCUT2D eigenvalue weighted by Gasteiger charge is -2.09. The van der Waals surface area contributed by atoms with E-state index in [-0.39, 0.29) is 0 Å². The first-order valence-electron chi connectivity index (χ1n) is 7.26. The van der Waals surface area contributed by atoms with Gasteiger partial charge in [-0.3, -0.25) is 0 Å². The van der Waals surface area contributed by atoms with Gasteiger partial charge in [0.2, 0.25) is 0 Å². The highest BCUT2D eigenvalue weighted by molar-refractivity contribution is 6.31. The zero-order chi connectivity index (χ0) is 15.2. The summed E-state index contributed by atoms with van der Waals surface area (Å²) in [4.78, 5) is 8.98. The lowest BCUT2D eigenvalue weighted by atomic mass is 10.2. The van der Waals surface area contributed by atoms with Crippen molar-refractivity contribution in [3.63, 3.8) is 0 Å². The van der Waals surface area contributed by atoms with Crippen molar-refractivity contribution in [2.24, 2.45) is 5.92 Å². The molecule has 0 unspecified atom stereocenters. The summed E-state index contributed by atoms with van der Waals surface area (Å²) in [6, 6.07) is 1.84. The third-order valence-electron chi connectivity index (χ3n) is 3.07. The molecule has 0 spiro atoms. The topological polar surface area (TPSA) is 39.9 Å². The molecule has 0 bridgehead atoms. The molecule has 0 radical (unpaired) electrons. The molecule has 2 aromatic heterocycles. The first-order chi connectivity index (χ1) is 10.1. The third-order valence-corrected chi connectivity index (χ3v) is 3.47. The summed E-state index contributed by atoms with van der Waals surface area (Å²) in [6.45, 7) is 6.67. The highest BCUT2D eigenvalue weighted by Crippen LogP contribution is 2.19. The first kappa shape index (κ1) is 16.5. The standard InChI is InChI=1S/C15H21Cl2N3O/c1-11(2)10-21-7-3-6-20-14(4-5-16)19-13-8-12(17)9-18-15(13)20/h8-9,11H,3-7,10H2,1-2H3. The minimum Gasteiger partial charge on any atom is -0.381 e. The molecule has 116 valence electrons. The van der Waals surface area contributed by atoms with Crippen molar-refractivity contribution in [3.05, 3.63) is 23.1 Å². The van der Waals surface area contributed by atoms with Crippen LogP contribution in [0.25, 0.3) is 11.2 Å². The number of imidazole rings is 1. The fourth-order valence-corrected chi connectivity index (χ4v) is 2.51. The van der Waals surface area contributed by atoms with Gasteiger partial charge in [0.25, 0.3) is 0 Å². The van der Waals surface area contributed by atoms with E-state index in [4.69, 9.17) is 27.9 Å². The van der Waals surface area contributed by atoms with Crippen LogP contribution in [0.2, 0.25) is 5.02 Å². The van der Waals surface area contributed by atoms with Crippen LogP contribution in [0.3, 0.4) is 0 Å². The van der Waals surface area contributed by atoms with E-state index in [0.29, 0.717) is 16.8 Å². The molecule has 0 aliphatic carbocycles. The second-order valence-corrected chi connectivity index (χ2v) is 6.25. The minimum atomic E-state index is 0.543. The maximum atomic E-state index is 5.97. The predicted octanol–water partition coefficient (Wildman–Crippen LogP) is 3.93. The Kier molecular flexibility index (Phi) is 6.27. The Bertz CT molecular complexity index is 584. The van der Waals surface area contributed by atoms with Crippen LogP contribution in [0.1, 0.15) is 26.1 Å². The number of nitrogens with zero attached hydrogens (tertiary/aromatic N) is 3. The van der Waals surface area contributed by atoms with Gasteiger partial charge in [-0.2, -0.15) is 0 Å². The maximum Gasteiger partial charge on any atom is 0.160 e. The van der Waals surface area contributed by atoms with Gasteiger partial charge >= 0.3 is 0 Å². The molecule has 0 saturated heterocycles. The molecule has 0 saturated carbocycles. The van der Waals surface area contributed by atoms with E-state index in [0.717, 1.165) is 49.6 Å². The molecule has 2 rings (SSSR count). The summed E-state index contributed by atoms with van der Waals surface area (Å²) in [7, 11) is 0. The van der Waals surface area contributed by atoms with Gasteiger partial charge in [-0.25, -0.2) is 9.97 Å². The van der Waals surface area contributed by atoms with Crippen molar-refractivity contribution < 1.29 is 4.74 Å². The van der Waals surface area contributed by atoms with Gasteiger partial charge in [0.1, 0.15) is 11.3 Å². The van der Waals surface area contributed by atoms with E-state index in [9.17, 15) is 0 Å². The molecule has 2 heterocycles. The van der Waals surface area contributed by atoms with E-state index in [1.807, 2.05) is 6.07 Å². The Balaban J connectivity index is 2.07. The summed E-state index contributed by atoms with van der Waals surface area (Å²) in [5.74, 6) is 2.06. The van der Waals surface area contributed by atoms with Crippen molar-refractivity contribution >= 4 is 34.4 Å². The number of rotatable bonds is 8. The quantitative estimate of drug-likeness (QED) is 0.544. The van der Waals surface area contributed by atoms with Crippen molar-refractivity contribution in [2.75, 3.05) is 19.1 Å². The number of hydrogen-bond acceptors (Lipinski definition) is 3. The molecule has 0 fully saturated rings. The number of hydrogen-bond donors (Lipinski definition) is 0. The minimum absolute atomic E-state index is 0.543. The summed E-state index contributed by atoms with van der Waals surface area (Å²) < 4.78 is 7.74. The molecule has 4 nitrogen and oxygen atoms in total. The van der Waals surface area contributed by atoms with Crippen molar-refractivity contribution in [1.82, 2.24) is 14.5 Å². The molecule has 0 aromatic carbocycles. The van der Waals surface area contributed by atoms with E-state index >= 15 is 0 Å². The number of aromatic nitrogens is 3. The van der Waals surface area contributed by atoms with Gasteiger partial charge in [-0.05, 0) is 18.4 Å². The van der Waals surface area contributed by atoms with Crippen LogP contribution < -0.4 is 0 Å². The number of pyridine rings is 1. The zero-order valence-corrected chi connectivity index (χ0v) is 14.0. The average molecular weight is 330 g/mol. The molecule has 0 atom stereocenters. The molecule has 0 N–H and O–H groups in total. The summed E-state index contributed by atoms with van der Waals surface area (Å²) >= 11 is 11.8. The van der Waals surface area contributed by atoms with Gasteiger partial charge in [0.05, 0.1) is 5.02 Å². The van der Waals surface area contributed by atoms with Gasteiger partial charge < -0.3 is 9.30 Å². The number of alkyl halides is 1. The molecule has 0 amide bonds. The number of halogens is 2. The molecule has 21 heavy (non-hydrogen) atoms. The number of ether oxygens (including phenoxy) is 1. The van der Waals surface area contributed by atoms with Crippen molar-refractivity contribution in [1.29, 1.82) is 0 Å². The second-order valence-electron chi connectivity index (χ2n) is 5.44. The van der Waals surface area contributed by atoms with Crippen LogP contribution in [-0.4, -0.2) is 33.6 Å². The summed E-state index contributed by atoms with van der Waals surface area (Å²) in [6.07, 6.45) is 3.31. The van der Waals surface area contributed by atoms with Crippen LogP contribution in [0.4, 0.5) is 0 Å². The van der Waals surface area contributed by atoms with Gasteiger partial charge in [-0.1, -0.05) is 25.4 Å². The second kappa shape index (κ2) is 7.97. The highest BCUT2D eigenvalue weighted by Gasteiger charge is 2.11. The Morgan fingerprint density at radius 1 is 1.38 bits per heavy atom. The van der Waals surface area contributed by atoms with Crippen LogP contribution in [-0.2, 0) is 17.7 Å². The molecular formula is C15H21Cl2N3O. The maximum absolute atomic E-state index is 5.97. The summed E-state index contributed by atoms with van der Waals surface area (Å²) in [5.41, 5.74) is 1.69. The Morgan fingerprint density at radius 3 is 2.90 bits per heavy atom. The third kappa shape index (κ3) is 4.56. The van der Waals surface area contributed by atoms with Crippen LogP contribution in [0.5, 0.6) is 0 Å². The van der Waals surface area contributed by atoms with E-state index in [1.165, 1.54) is 0 Å². The molecule has 6 heteroatoms. The van der Waals surface area contributed by atoms with Gasteiger partial charge in [-0.15, -0.1) is 11.6 Å². The zero-order valence-electron chi connectivity index (χ0n) is 12.5. The first-order valence-corrected chi connectivity index (χ1v) is 8.17. The van der Waals surface area contributed by atoms with E-state index < -0.39 is 0 Å². The molecule has 2 aromatic rings. The average Bonchev–Trinajstić information content (AvgIpc) is 2.75. The Labute approximate surface area is 135 Å². The fourth-order valence-electron chi connectivity index (χ4n) is 2.19. The van der Waals surface area contributed by atoms with Crippen LogP contribution in [0, 0.1) is 5.92 Å². The SMILES string of the molecule is CC(C)COCCCn1c(CCCl)nc2cc(Cl)cnc21. The normalized spacial score (nSPS) is 11.7. The molecule has 0 aliphatic heterocycles. The number of fused-ring (bicyclic) bond motifs is 1. The van der Waals surface area contributed by atoms with Crippen LogP contribution >= 0.6 is 23.2 Å².